The predicted octanol–water partition coefficient (Wildman–Crippen LogP) is 1.02. The van der Waals surface area contributed by atoms with Crippen molar-refractivity contribution in [2.75, 3.05) is 5.32 Å². The Morgan fingerprint density at radius 1 is 1.09 bits per heavy atom. The van der Waals surface area contributed by atoms with Crippen molar-refractivity contribution in [1.82, 2.24) is 0 Å². The smallest absolute Gasteiger partial charge is 0.228 e. The van der Waals surface area contributed by atoms with Crippen LogP contribution in [0.2, 0.25) is 0 Å². The quantitative estimate of drug-likeness (QED) is 0.664. The van der Waals surface area contributed by atoms with Crippen molar-refractivity contribution in [3.8, 4) is 0 Å². The topological polar surface area (TPSA) is 86.3 Å². The lowest BCUT2D eigenvalue weighted by Gasteiger charge is -2.28. The Morgan fingerprint density at radius 2 is 1.73 bits per heavy atom. The minimum absolute atomic E-state index is 0.0719. The number of nitrogens with one attached hydrogen (secondary N) is 1. The van der Waals surface area contributed by atoms with E-state index in [0.29, 0.717) is 17.7 Å². The number of Topliss-reactive ketones (excluding diaryl/α,β-unsaturated/α-hetero) is 1. The fraction of sp³-hybridized carbons (Fsp3) is 0.353. The molecule has 1 fully saturated rings. The molecule has 1 amide bonds. The fourth-order valence-corrected chi connectivity index (χ4v) is 3.62. The zero-order valence-electron chi connectivity index (χ0n) is 12.1. The van der Waals surface area contributed by atoms with Gasteiger partial charge in [-0.2, -0.15) is 0 Å². The summed E-state index contributed by atoms with van der Waals surface area (Å²) in [5.74, 6) is -3.33. The van der Waals surface area contributed by atoms with Crippen molar-refractivity contribution in [1.29, 1.82) is 0 Å². The summed E-state index contributed by atoms with van der Waals surface area (Å²) in [6, 6.07) is 6.72. The highest BCUT2D eigenvalue weighted by Crippen LogP contribution is 2.48. The SMILES string of the molecule is CC(=O)c1ccccc1NC(=O)[C@H]1[C@@H](C(=O)[O-])[C@H]2C=C[C@@H]1C2. The fourth-order valence-electron chi connectivity index (χ4n) is 3.62. The van der Waals surface area contributed by atoms with Gasteiger partial charge in [-0.15, -0.1) is 0 Å². The molecule has 5 heteroatoms. The number of anilines is 1. The molecule has 0 heterocycles. The third kappa shape index (κ3) is 2.32. The summed E-state index contributed by atoms with van der Waals surface area (Å²) in [5.41, 5.74) is 0.836. The molecule has 2 bridgehead atoms. The molecule has 3 rings (SSSR count). The van der Waals surface area contributed by atoms with E-state index < -0.39 is 17.8 Å². The molecule has 0 radical (unpaired) electrons. The van der Waals surface area contributed by atoms with E-state index >= 15 is 0 Å². The molecule has 1 saturated carbocycles. The average molecular weight is 298 g/mol. The van der Waals surface area contributed by atoms with Crippen molar-refractivity contribution in [2.45, 2.75) is 13.3 Å². The molecule has 0 saturated heterocycles. The summed E-state index contributed by atoms with van der Waals surface area (Å²) in [4.78, 5) is 35.5. The predicted molar refractivity (Wildman–Crippen MR) is 77.8 cm³/mol. The molecule has 2 aliphatic carbocycles. The molecule has 22 heavy (non-hydrogen) atoms. The van der Waals surface area contributed by atoms with E-state index in [9.17, 15) is 19.5 Å². The molecular formula is C17H16NO4-. The molecule has 4 atom stereocenters. The van der Waals surface area contributed by atoms with Crippen molar-refractivity contribution >= 4 is 23.3 Å². The van der Waals surface area contributed by atoms with Crippen molar-refractivity contribution < 1.29 is 19.5 Å². The molecule has 1 N–H and O–H groups in total. The Labute approximate surface area is 128 Å². The number of carboxylic acids is 1. The first kappa shape index (κ1) is 14.5. The van der Waals surface area contributed by atoms with Gasteiger partial charge in [0.25, 0.3) is 0 Å². The van der Waals surface area contributed by atoms with Gasteiger partial charge in [-0.25, -0.2) is 0 Å². The van der Waals surface area contributed by atoms with E-state index in [4.69, 9.17) is 0 Å². The number of hydrogen-bond acceptors (Lipinski definition) is 4. The minimum atomic E-state index is -1.18. The number of aliphatic carboxylic acids is 1. The second kappa shape index (κ2) is 5.40. The lowest BCUT2D eigenvalue weighted by atomic mass is 9.82. The third-order valence-electron chi connectivity index (χ3n) is 4.60. The lowest BCUT2D eigenvalue weighted by Crippen LogP contribution is -2.43. The van der Waals surface area contributed by atoms with Gasteiger partial charge in [-0.1, -0.05) is 24.3 Å². The first-order valence-corrected chi connectivity index (χ1v) is 7.29. The maximum Gasteiger partial charge on any atom is 0.228 e. The van der Waals surface area contributed by atoms with Gasteiger partial charge < -0.3 is 15.2 Å². The number of para-hydroxylation sites is 1. The summed E-state index contributed by atoms with van der Waals surface area (Å²) in [5, 5.41) is 14.1. The molecule has 0 unspecified atom stereocenters. The van der Waals surface area contributed by atoms with E-state index in [-0.39, 0.29) is 23.5 Å². The number of ketones is 1. The van der Waals surface area contributed by atoms with Gasteiger partial charge in [-0.05, 0) is 37.3 Å². The first-order chi connectivity index (χ1) is 10.5. The molecule has 0 aromatic heterocycles. The summed E-state index contributed by atoms with van der Waals surface area (Å²) < 4.78 is 0. The summed E-state index contributed by atoms with van der Waals surface area (Å²) in [7, 11) is 0. The van der Waals surface area contributed by atoms with E-state index in [0.717, 1.165) is 0 Å². The van der Waals surface area contributed by atoms with Crippen LogP contribution in [0.4, 0.5) is 5.69 Å². The van der Waals surface area contributed by atoms with Gasteiger partial charge in [0.1, 0.15) is 0 Å². The van der Waals surface area contributed by atoms with Crippen LogP contribution in [0.15, 0.2) is 36.4 Å². The Morgan fingerprint density at radius 3 is 2.36 bits per heavy atom. The molecule has 114 valence electrons. The number of fused-ring (bicyclic) bond motifs is 2. The summed E-state index contributed by atoms with van der Waals surface area (Å²) >= 11 is 0. The van der Waals surface area contributed by atoms with Gasteiger partial charge in [0, 0.05) is 17.5 Å². The number of carbonyl (C=O) groups is 3. The van der Waals surface area contributed by atoms with Crippen molar-refractivity contribution in [3.05, 3.63) is 42.0 Å². The number of benzene rings is 1. The number of rotatable bonds is 4. The molecule has 0 spiro atoms. The maximum absolute atomic E-state index is 12.5. The van der Waals surface area contributed by atoms with Gasteiger partial charge >= 0.3 is 0 Å². The van der Waals surface area contributed by atoms with Crippen LogP contribution in [0, 0.1) is 23.7 Å². The van der Waals surface area contributed by atoms with E-state index in [1.165, 1.54) is 6.92 Å². The van der Waals surface area contributed by atoms with Gasteiger partial charge in [-0.3, -0.25) is 9.59 Å². The van der Waals surface area contributed by atoms with E-state index in [1.54, 1.807) is 24.3 Å². The monoisotopic (exact) mass is 298 g/mol. The van der Waals surface area contributed by atoms with Crippen molar-refractivity contribution in [2.24, 2.45) is 23.7 Å². The molecule has 1 aromatic carbocycles. The highest BCUT2D eigenvalue weighted by Gasteiger charge is 2.48. The zero-order chi connectivity index (χ0) is 15.9. The average Bonchev–Trinajstić information content (AvgIpc) is 3.08. The number of carbonyl (C=O) groups excluding carboxylic acids is 3. The second-order valence-electron chi connectivity index (χ2n) is 5.91. The van der Waals surface area contributed by atoms with Crippen molar-refractivity contribution in [3.63, 3.8) is 0 Å². The highest BCUT2D eigenvalue weighted by atomic mass is 16.4. The number of allylic oxidation sites excluding steroid dienone is 2. The largest absolute Gasteiger partial charge is 0.550 e. The van der Waals surface area contributed by atoms with Crippen LogP contribution >= 0.6 is 0 Å². The van der Waals surface area contributed by atoms with Crippen LogP contribution in [0.25, 0.3) is 0 Å². The summed E-state index contributed by atoms with van der Waals surface area (Å²) in [6.07, 6.45) is 4.44. The first-order valence-electron chi connectivity index (χ1n) is 7.29. The van der Waals surface area contributed by atoms with Crippen LogP contribution < -0.4 is 10.4 Å². The molecule has 2 aliphatic rings. The van der Waals surface area contributed by atoms with Gasteiger partial charge in [0.2, 0.25) is 5.91 Å². The van der Waals surface area contributed by atoms with Gasteiger partial charge in [0.15, 0.2) is 5.78 Å². The molecule has 1 aromatic rings. The number of carboxylic acid groups (broad SMARTS) is 1. The van der Waals surface area contributed by atoms with E-state index in [1.807, 2.05) is 12.2 Å². The zero-order valence-corrected chi connectivity index (χ0v) is 12.1. The normalized spacial score (nSPS) is 28.6. The van der Waals surface area contributed by atoms with E-state index in [2.05, 4.69) is 5.32 Å². The molecule has 5 nitrogen and oxygen atoms in total. The van der Waals surface area contributed by atoms with Crippen LogP contribution in [-0.2, 0) is 9.59 Å². The summed E-state index contributed by atoms with van der Waals surface area (Å²) in [6.45, 7) is 1.43. The minimum Gasteiger partial charge on any atom is -0.550 e. The van der Waals surface area contributed by atoms with Gasteiger partial charge in [0.05, 0.1) is 11.6 Å². The second-order valence-corrected chi connectivity index (χ2v) is 5.91. The van der Waals surface area contributed by atoms with Crippen LogP contribution in [-0.4, -0.2) is 17.7 Å². The lowest BCUT2D eigenvalue weighted by molar-refractivity contribution is -0.313. The van der Waals surface area contributed by atoms with Crippen LogP contribution in [0.1, 0.15) is 23.7 Å². The molecule has 0 aliphatic heterocycles. The third-order valence-corrected chi connectivity index (χ3v) is 4.60. The van der Waals surface area contributed by atoms with Crippen LogP contribution in [0.3, 0.4) is 0 Å². The number of amides is 1. The standard InChI is InChI=1S/C17H17NO4/c1-9(19)12-4-2-3-5-13(12)18-16(20)14-10-6-7-11(8-10)15(14)17(21)22/h2-7,10-11,14-15H,8H2,1H3,(H,18,20)(H,21,22)/p-1/t10-,11+,14-,15+/m1/s1. The Bertz CT molecular complexity index is 679. The number of hydrogen-bond donors (Lipinski definition) is 1. The highest BCUT2D eigenvalue weighted by molar-refractivity contribution is 6.04. The molecular weight excluding hydrogens is 282 g/mol. The van der Waals surface area contributed by atoms with Crippen LogP contribution in [0.5, 0.6) is 0 Å². The Hall–Kier alpha value is -2.43. The maximum atomic E-state index is 12.5. The Kier molecular flexibility index (Phi) is 3.56. The Balaban J connectivity index is 1.85.